The molecule has 1 aromatic carbocycles. The van der Waals surface area contributed by atoms with Crippen molar-refractivity contribution >= 4 is 17.4 Å². The van der Waals surface area contributed by atoms with Crippen LogP contribution in [0, 0.1) is 5.82 Å². The minimum absolute atomic E-state index is 0.000198. The van der Waals surface area contributed by atoms with Crippen molar-refractivity contribution in [1.29, 1.82) is 0 Å². The lowest BCUT2D eigenvalue weighted by atomic mass is 9.96. The number of nitrogens with zero attached hydrogens (tertiary/aromatic N) is 3. The van der Waals surface area contributed by atoms with Crippen LogP contribution >= 0.6 is 0 Å². The second-order valence-electron chi connectivity index (χ2n) is 7.23. The molecule has 0 unspecified atom stereocenters. The van der Waals surface area contributed by atoms with E-state index < -0.39 is 23.5 Å². The van der Waals surface area contributed by atoms with Crippen LogP contribution in [-0.2, 0) is 14.3 Å². The SMILES string of the molecule is O=C1C(=O)N(CCN2CCOCC2)[C@H](c2ccncc2)/C1=C(\O)c1ccc(F)cc1. The van der Waals surface area contributed by atoms with Crippen molar-refractivity contribution in [2.24, 2.45) is 0 Å². The van der Waals surface area contributed by atoms with E-state index >= 15 is 0 Å². The summed E-state index contributed by atoms with van der Waals surface area (Å²) in [6, 6.07) is 7.87. The van der Waals surface area contributed by atoms with Gasteiger partial charge in [0, 0.05) is 44.1 Å². The number of rotatable bonds is 5. The Morgan fingerprint density at radius 3 is 2.40 bits per heavy atom. The summed E-state index contributed by atoms with van der Waals surface area (Å²) < 4.78 is 18.7. The van der Waals surface area contributed by atoms with E-state index in [1.807, 2.05) is 0 Å². The molecule has 2 saturated heterocycles. The van der Waals surface area contributed by atoms with Gasteiger partial charge < -0.3 is 14.7 Å². The third-order valence-electron chi connectivity index (χ3n) is 5.44. The lowest BCUT2D eigenvalue weighted by molar-refractivity contribution is -0.140. The molecular weight excluding hydrogens is 389 g/mol. The fourth-order valence-corrected chi connectivity index (χ4v) is 3.84. The van der Waals surface area contributed by atoms with Crippen LogP contribution in [0.5, 0.6) is 0 Å². The van der Waals surface area contributed by atoms with Crippen LogP contribution in [0.1, 0.15) is 17.2 Å². The number of likely N-dealkylation sites (tertiary alicyclic amines) is 1. The molecule has 0 radical (unpaired) electrons. The van der Waals surface area contributed by atoms with Crippen molar-refractivity contribution in [3.8, 4) is 0 Å². The van der Waals surface area contributed by atoms with Gasteiger partial charge in [-0.3, -0.25) is 19.5 Å². The van der Waals surface area contributed by atoms with Gasteiger partial charge in [0.25, 0.3) is 11.7 Å². The van der Waals surface area contributed by atoms with E-state index in [1.54, 1.807) is 24.5 Å². The number of aliphatic hydroxyl groups excluding tert-OH is 1. The number of carbonyl (C=O) groups is 2. The van der Waals surface area contributed by atoms with Gasteiger partial charge >= 0.3 is 0 Å². The Bertz CT molecular complexity index is 956. The highest BCUT2D eigenvalue weighted by atomic mass is 19.1. The monoisotopic (exact) mass is 411 g/mol. The number of hydrogen-bond donors (Lipinski definition) is 1. The molecule has 0 bridgehead atoms. The Hall–Kier alpha value is -3.10. The van der Waals surface area contributed by atoms with E-state index in [1.165, 1.54) is 29.2 Å². The van der Waals surface area contributed by atoms with E-state index in [9.17, 15) is 19.1 Å². The zero-order chi connectivity index (χ0) is 21.1. The Morgan fingerprint density at radius 2 is 1.73 bits per heavy atom. The quantitative estimate of drug-likeness (QED) is 0.460. The first-order valence-corrected chi connectivity index (χ1v) is 9.80. The number of Topliss-reactive ketones (excluding diaryl/α,β-unsaturated/α-hetero) is 1. The third-order valence-corrected chi connectivity index (χ3v) is 5.44. The van der Waals surface area contributed by atoms with E-state index in [0.29, 0.717) is 31.9 Å². The molecule has 1 aromatic heterocycles. The van der Waals surface area contributed by atoms with Crippen molar-refractivity contribution in [3.63, 3.8) is 0 Å². The molecular formula is C22H22FN3O4. The number of hydrogen-bond acceptors (Lipinski definition) is 6. The number of aromatic nitrogens is 1. The second-order valence-corrected chi connectivity index (χ2v) is 7.23. The molecule has 8 heteroatoms. The lowest BCUT2D eigenvalue weighted by Gasteiger charge is -2.30. The number of carbonyl (C=O) groups excluding carboxylic acids is 2. The van der Waals surface area contributed by atoms with Crippen molar-refractivity contribution in [3.05, 3.63) is 71.3 Å². The topological polar surface area (TPSA) is 83.0 Å². The van der Waals surface area contributed by atoms with Gasteiger partial charge in [0.2, 0.25) is 0 Å². The first-order valence-electron chi connectivity index (χ1n) is 9.80. The van der Waals surface area contributed by atoms with Gasteiger partial charge in [-0.2, -0.15) is 0 Å². The number of aliphatic hydroxyl groups is 1. The van der Waals surface area contributed by atoms with Crippen LogP contribution in [0.3, 0.4) is 0 Å². The number of benzene rings is 1. The molecule has 0 aliphatic carbocycles. The van der Waals surface area contributed by atoms with Crippen LogP contribution in [0.2, 0.25) is 0 Å². The number of halogens is 1. The van der Waals surface area contributed by atoms with Crippen LogP contribution in [0.4, 0.5) is 4.39 Å². The summed E-state index contributed by atoms with van der Waals surface area (Å²) in [7, 11) is 0. The third kappa shape index (κ3) is 3.96. The summed E-state index contributed by atoms with van der Waals surface area (Å²) in [4.78, 5) is 33.4. The molecule has 30 heavy (non-hydrogen) atoms. The molecule has 1 atom stereocenters. The van der Waals surface area contributed by atoms with Crippen LogP contribution < -0.4 is 0 Å². The molecule has 0 saturated carbocycles. The van der Waals surface area contributed by atoms with Crippen molar-refractivity contribution in [2.75, 3.05) is 39.4 Å². The molecule has 156 valence electrons. The van der Waals surface area contributed by atoms with Gasteiger partial charge in [-0.15, -0.1) is 0 Å². The summed E-state index contributed by atoms with van der Waals surface area (Å²) in [5, 5.41) is 10.9. The molecule has 0 spiro atoms. The van der Waals surface area contributed by atoms with Gasteiger partial charge in [0.05, 0.1) is 24.8 Å². The second kappa shape index (κ2) is 8.73. The maximum atomic E-state index is 13.3. The van der Waals surface area contributed by atoms with Crippen LogP contribution in [0.25, 0.3) is 5.76 Å². The average Bonchev–Trinajstić information content (AvgIpc) is 3.04. The number of ketones is 1. The van der Waals surface area contributed by atoms with E-state index in [0.717, 1.165) is 13.1 Å². The summed E-state index contributed by atoms with van der Waals surface area (Å²) in [6.07, 6.45) is 3.16. The maximum absolute atomic E-state index is 13.3. The van der Waals surface area contributed by atoms with Gasteiger partial charge in [0.15, 0.2) is 0 Å². The first kappa shape index (κ1) is 20.2. The van der Waals surface area contributed by atoms with Gasteiger partial charge in [-0.05, 0) is 42.0 Å². The Morgan fingerprint density at radius 1 is 1.07 bits per heavy atom. The fraction of sp³-hybridized carbons (Fsp3) is 0.318. The summed E-state index contributed by atoms with van der Waals surface area (Å²) >= 11 is 0. The average molecular weight is 411 g/mol. The number of amides is 1. The standard InChI is InChI=1S/C22H22FN3O4/c23-17-3-1-16(2-4-17)20(27)18-19(15-5-7-24-8-6-15)26(22(29)21(18)28)10-9-25-11-13-30-14-12-25/h1-8,19,27H,9-14H2/b20-18+/t19-/m1/s1. The minimum atomic E-state index is -0.749. The van der Waals surface area contributed by atoms with Crippen LogP contribution in [0.15, 0.2) is 54.4 Å². The highest BCUT2D eigenvalue weighted by molar-refractivity contribution is 6.46. The Kier molecular flexibility index (Phi) is 5.87. The summed E-state index contributed by atoms with van der Waals surface area (Å²) in [5.41, 5.74) is 0.955. The van der Waals surface area contributed by atoms with E-state index in [-0.39, 0.29) is 16.9 Å². The van der Waals surface area contributed by atoms with Crippen molar-refractivity contribution in [1.82, 2.24) is 14.8 Å². The number of ether oxygens (including phenoxy) is 1. The van der Waals surface area contributed by atoms with Gasteiger partial charge in [0.1, 0.15) is 11.6 Å². The molecule has 2 fully saturated rings. The predicted octanol–water partition coefficient (Wildman–Crippen LogP) is 1.97. The molecule has 7 nitrogen and oxygen atoms in total. The van der Waals surface area contributed by atoms with Crippen LogP contribution in [-0.4, -0.2) is 71.0 Å². The largest absolute Gasteiger partial charge is 0.507 e. The zero-order valence-corrected chi connectivity index (χ0v) is 16.3. The molecule has 3 heterocycles. The zero-order valence-electron chi connectivity index (χ0n) is 16.3. The molecule has 4 rings (SSSR count). The molecule has 2 aliphatic heterocycles. The smallest absolute Gasteiger partial charge is 0.295 e. The van der Waals surface area contributed by atoms with Crippen molar-refractivity contribution < 1.29 is 23.8 Å². The summed E-state index contributed by atoms with van der Waals surface area (Å²) in [6.45, 7) is 3.72. The minimum Gasteiger partial charge on any atom is -0.507 e. The number of morpholine rings is 1. The highest BCUT2D eigenvalue weighted by Crippen LogP contribution is 2.39. The van der Waals surface area contributed by atoms with Gasteiger partial charge in [-0.25, -0.2) is 4.39 Å². The summed E-state index contributed by atoms with van der Waals surface area (Å²) in [5.74, 6) is -2.18. The van der Waals surface area contributed by atoms with E-state index in [2.05, 4.69) is 9.88 Å². The van der Waals surface area contributed by atoms with E-state index in [4.69, 9.17) is 4.74 Å². The Labute approximate surface area is 173 Å². The fourth-order valence-electron chi connectivity index (χ4n) is 3.84. The molecule has 2 aliphatic rings. The Balaban J connectivity index is 1.71. The predicted molar refractivity (Wildman–Crippen MR) is 107 cm³/mol. The molecule has 2 aromatic rings. The van der Waals surface area contributed by atoms with Crippen molar-refractivity contribution in [2.45, 2.75) is 6.04 Å². The van der Waals surface area contributed by atoms with Gasteiger partial charge in [-0.1, -0.05) is 0 Å². The normalized spacial score (nSPS) is 21.9. The maximum Gasteiger partial charge on any atom is 0.295 e. The highest BCUT2D eigenvalue weighted by Gasteiger charge is 2.46. The lowest BCUT2D eigenvalue weighted by Crippen LogP contribution is -2.42. The molecule has 1 amide bonds. The number of pyridine rings is 1. The molecule has 1 N–H and O–H groups in total. The first-order chi connectivity index (χ1) is 14.6.